The Hall–Kier alpha value is -1.16. The summed E-state index contributed by atoms with van der Waals surface area (Å²) < 4.78 is 0. The quantitative estimate of drug-likeness (QED) is 0.604. The van der Waals surface area contributed by atoms with Crippen LogP contribution in [0, 0.1) is 5.92 Å². The van der Waals surface area contributed by atoms with Crippen LogP contribution in [-0.4, -0.2) is 23.0 Å². The minimum Gasteiger partial charge on any atom is -0.388 e. The van der Waals surface area contributed by atoms with Crippen molar-refractivity contribution < 1.29 is 14.7 Å². The lowest BCUT2D eigenvalue weighted by Gasteiger charge is -2.16. The van der Waals surface area contributed by atoms with Gasteiger partial charge in [-0.25, -0.2) is 0 Å². The van der Waals surface area contributed by atoms with E-state index in [1.165, 1.54) is 6.08 Å². The van der Waals surface area contributed by atoms with Gasteiger partial charge in [0.1, 0.15) is 0 Å². The molecule has 2 N–H and O–H groups in total. The molecule has 1 rings (SSSR count). The molecule has 2 amide bonds. The zero-order valence-corrected chi connectivity index (χ0v) is 7.70. The number of carbonyl (C=O) groups is 2. The maximum absolute atomic E-state index is 11.1. The molecule has 0 radical (unpaired) electrons. The number of nitrogens with one attached hydrogen (secondary N) is 1. The van der Waals surface area contributed by atoms with Gasteiger partial charge in [-0.2, -0.15) is 0 Å². The maximum atomic E-state index is 11.1. The van der Waals surface area contributed by atoms with Crippen molar-refractivity contribution in [2.45, 2.75) is 26.4 Å². The molecule has 72 valence electrons. The molecular weight excluding hydrogens is 170 g/mol. The van der Waals surface area contributed by atoms with Crippen LogP contribution in [0.2, 0.25) is 0 Å². The first-order valence-electron chi connectivity index (χ1n) is 4.31. The van der Waals surface area contributed by atoms with Crippen molar-refractivity contribution in [2.75, 3.05) is 0 Å². The summed E-state index contributed by atoms with van der Waals surface area (Å²) in [4.78, 5) is 21.8. The molecule has 2 unspecified atom stereocenters. The first-order chi connectivity index (χ1) is 6.06. The summed E-state index contributed by atoms with van der Waals surface area (Å²) in [5.74, 6) is -0.928. The van der Waals surface area contributed by atoms with E-state index >= 15 is 0 Å². The van der Waals surface area contributed by atoms with E-state index in [0.29, 0.717) is 0 Å². The topological polar surface area (TPSA) is 66.4 Å². The van der Waals surface area contributed by atoms with Gasteiger partial charge in [-0.15, -0.1) is 0 Å². The zero-order valence-electron chi connectivity index (χ0n) is 7.70. The van der Waals surface area contributed by atoms with Gasteiger partial charge in [-0.1, -0.05) is 20.3 Å². The summed E-state index contributed by atoms with van der Waals surface area (Å²) in [7, 11) is 0. The van der Waals surface area contributed by atoms with Crippen LogP contribution in [0.3, 0.4) is 0 Å². The van der Waals surface area contributed by atoms with E-state index in [1.807, 2.05) is 13.8 Å². The number of imide groups is 1. The second-order valence-corrected chi connectivity index (χ2v) is 3.25. The van der Waals surface area contributed by atoms with Crippen LogP contribution in [0.25, 0.3) is 0 Å². The predicted octanol–water partition coefficient (Wildman–Crippen LogP) is -0.0238. The van der Waals surface area contributed by atoms with Gasteiger partial charge >= 0.3 is 0 Å². The van der Waals surface area contributed by atoms with Gasteiger partial charge in [-0.3, -0.25) is 14.9 Å². The minimum atomic E-state index is -0.837. The average molecular weight is 183 g/mol. The van der Waals surface area contributed by atoms with Crippen molar-refractivity contribution in [1.29, 1.82) is 0 Å². The fraction of sp³-hybridized carbons (Fsp3) is 0.556. The second kappa shape index (κ2) is 3.70. The Labute approximate surface area is 76.6 Å². The Balaban J connectivity index is 2.77. The number of hydrogen-bond donors (Lipinski definition) is 2. The highest BCUT2D eigenvalue weighted by Crippen LogP contribution is 2.17. The Bertz CT molecular complexity index is 270. The summed E-state index contributed by atoms with van der Waals surface area (Å²) >= 11 is 0. The summed E-state index contributed by atoms with van der Waals surface area (Å²) in [6, 6.07) is 0. The van der Waals surface area contributed by atoms with Gasteiger partial charge < -0.3 is 5.11 Å². The van der Waals surface area contributed by atoms with E-state index in [0.717, 1.165) is 6.42 Å². The lowest BCUT2D eigenvalue weighted by atomic mass is 9.95. The van der Waals surface area contributed by atoms with E-state index in [1.54, 1.807) is 0 Å². The molecule has 0 aromatic heterocycles. The highest BCUT2D eigenvalue weighted by molar-refractivity contribution is 6.16. The van der Waals surface area contributed by atoms with E-state index in [2.05, 4.69) is 5.32 Å². The molecule has 13 heavy (non-hydrogen) atoms. The van der Waals surface area contributed by atoms with E-state index < -0.39 is 17.9 Å². The number of rotatable bonds is 3. The van der Waals surface area contributed by atoms with Gasteiger partial charge in [0.25, 0.3) is 11.8 Å². The van der Waals surface area contributed by atoms with Crippen molar-refractivity contribution in [2.24, 2.45) is 5.92 Å². The Morgan fingerprint density at radius 1 is 1.54 bits per heavy atom. The van der Waals surface area contributed by atoms with Crippen molar-refractivity contribution in [3.63, 3.8) is 0 Å². The highest BCUT2D eigenvalue weighted by Gasteiger charge is 2.29. The van der Waals surface area contributed by atoms with Crippen LogP contribution >= 0.6 is 0 Å². The predicted molar refractivity (Wildman–Crippen MR) is 46.7 cm³/mol. The van der Waals surface area contributed by atoms with Gasteiger partial charge in [-0.05, 0) is 5.92 Å². The first kappa shape index (κ1) is 9.92. The molecule has 4 nitrogen and oxygen atoms in total. The molecule has 0 saturated carbocycles. The van der Waals surface area contributed by atoms with Gasteiger partial charge in [0.05, 0.1) is 11.7 Å². The molecule has 0 spiro atoms. The smallest absolute Gasteiger partial charge is 0.256 e. The normalized spacial score (nSPS) is 21.0. The second-order valence-electron chi connectivity index (χ2n) is 3.25. The van der Waals surface area contributed by atoms with E-state index in [4.69, 9.17) is 0 Å². The number of amides is 2. The van der Waals surface area contributed by atoms with Crippen molar-refractivity contribution in [3.8, 4) is 0 Å². The van der Waals surface area contributed by atoms with Crippen LogP contribution in [0.4, 0.5) is 0 Å². The molecule has 1 aliphatic rings. The number of hydrogen-bond acceptors (Lipinski definition) is 3. The lowest BCUT2D eigenvalue weighted by Crippen LogP contribution is -2.29. The third kappa shape index (κ3) is 1.95. The number of aliphatic hydroxyl groups excluding tert-OH is 1. The Morgan fingerprint density at radius 2 is 2.15 bits per heavy atom. The fourth-order valence-corrected chi connectivity index (χ4v) is 1.18. The fourth-order valence-electron chi connectivity index (χ4n) is 1.18. The van der Waals surface area contributed by atoms with Crippen LogP contribution in [-0.2, 0) is 9.59 Å². The largest absolute Gasteiger partial charge is 0.388 e. The Morgan fingerprint density at radius 3 is 2.54 bits per heavy atom. The highest BCUT2D eigenvalue weighted by atomic mass is 16.3. The zero-order chi connectivity index (χ0) is 10.0. The number of carbonyl (C=O) groups excluding carboxylic acids is 2. The molecule has 4 heteroatoms. The van der Waals surface area contributed by atoms with E-state index in [-0.39, 0.29) is 11.5 Å². The molecule has 0 fully saturated rings. The summed E-state index contributed by atoms with van der Waals surface area (Å²) in [5.41, 5.74) is 0.180. The lowest BCUT2D eigenvalue weighted by molar-refractivity contribution is -0.124. The van der Waals surface area contributed by atoms with Gasteiger partial charge in [0.15, 0.2) is 0 Å². The monoisotopic (exact) mass is 183 g/mol. The third-order valence-corrected chi connectivity index (χ3v) is 2.29. The first-order valence-corrected chi connectivity index (χ1v) is 4.31. The molecular formula is C9H13NO3. The third-order valence-electron chi connectivity index (χ3n) is 2.29. The molecule has 0 saturated heterocycles. The van der Waals surface area contributed by atoms with Gasteiger partial charge in [0, 0.05) is 6.08 Å². The molecule has 0 bridgehead atoms. The SMILES string of the molecule is CCC(C)C(O)C1=CC(=O)NC1=O. The minimum absolute atomic E-state index is 0.0112. The standard InChI is InChI=1S/C9H13NO3/c1-3-5(2)8(12)6-4-7(11)10-9(6)13/h4-5,8,12H,3H2,1-2H3,(H,10,11,13). The van der Waals surface area contributed by atoms with Crippen molar-refractivity contribution in [3.05, 3.63) is 11.6 Å². The average Bonchev–Trinajstić information content (AvgIpc) is 2.42. The number of aliphatic hydroxyl groups is 1. The summed E-state index contributed by atoms with van der Waals surface area (Å²) in [5, 5.41) is 11.7. The van der Waals surface area contributed by atoms with Crippen LogP contribution in [0.15, 0.2) is 11.6 Å². The van der Waals surface area contributed by atoms with Crippen LogP contribution < -0.4 is 5.32 Å². The summed E-state index contributed by atoms with van der Waals surface area (Å²) in [6.07, 6.45) is 1.09. The Kier molecular flexibility index (Phi) is 2.83. The molecule has 1 heterocycles. The van der Waals surface area contributed by atoms with E-state index in [9.17, 15) is 14.7 Å². The molecule has 0 aromatic rings. The molecule has 0 aliphatic carbocycles. The molecule has 2 atom stereocenters. The van der Waals surface area contributed by atoms with Gasteiger partial charge in [0.2, 0.25) is 0 Å². The molecule has 0 aromatic carbocycles. The van der Waals surface area contributed by atoms with Crippen LogP contribution in [0.5, 0.6) is 0 Å². The van der Waals surface area contributed by atoms with Crippen LogP contribution in [0.1, 0.15) is 20.3 Å². The molecule has 1 aliphatic heterocycles. The van der Waals surface area contributed by atoms with Crippen molar-refractivity contribution in [1.82, 2.24) is 5.32 Å². The van der Waals surface area contributed by atoms with Crippen molar-refractivity contribution >= 4 is 11.8 Å². The maximum Gasteiger partial charge on any atom is 0.256 e. The summed E-state index contributed by atoms with van der Waals surface area (Å²) in [6.45, 7) is 3.75.